The molecule has 1 fully saturated rings. The van der Waals surface area contributed by atoms with Gasteiger partial charge >= 0.3 is 0 Å². The molecule has 1 aliphatic heterocycles. The van der Waals surface area contributed by atoms with Gasteiger partial charge in [-0.2, -0.15) is 0 Å². The lowest BCUT2D eigenvalue weighted by Crippen LogP contribution is -2.30. The molecule has 2 aromatic rings. The fraction of sp³-hybridized carbons (Fsp3) is 0.375. The molecule has 9 nitrogen and oxygen atoms in total. The Morgan fingerprint density at radius 1 is 1.23 bits per heavy atom. The summed E-state index contributed by atoms with van der Waals surface area (Å²) in [5, 5.41) is 9.09. The SMILES string of the molecule is Cc1cc(Br)cc(C(=O)NO)c1N(C)S(=O)(=O)c1ccc(OCC#CCOC2CCCCO2)cc1. The first kappa shape index (κ1) is 27.0. The summed E-state index contributed by atoms with van der Waals surface area (Å²) in [4.78, 5) is 12.2. The average molecular weight is 567 g/mol. The minimum atomic E-state index is -4.01. The van der Waals surface area contributed by atoms with Gasteiger partial charge < -0.3 is 14.2 Å². The van der Waals surface area contributed by atoms with Gasteiger partial charge in [0.1, 0.15) is 19.0 Å². The molecule has 1 unspecified atom stereocenters. The van der Waals surface area contributed by atoms with E-state index in [9.17, 15) is 13.2 Å². The minimum Gasteiger partial charge on any atom is -0.481 e. The van der Waals surface area contributed by atoms with Gasteiger partial charge in [0.2, 0.25) is 0 Å². The zero-order valence-corrected chi connectivity index (χ0v) is 21.8. The highest BCUT2D eigenvalue weighted by Crippen LogP contribution is 2.32. The van der Waals surface area contributed by atoms with Crippen molar-refractivity contribution in [1.29, 1.82) is 0 Å². The monoisotopic (exact) mass is 566 g/mol. The van der Waals surface area contributed by atoms with Crippen LogP contribution >= 0.6 is 15.9 Å². The van der Waals surface area contributed by atoms with Crippen molar-refractivity contribution in [2.45, 2.75) is 37.4 Å². The van der Waals surface area contributed by atoms with Crippen molar-refractivity contribution in [3.63, 3.8) is 0 Å². The predicted octanol–water partition coefficient (Wildman–Crippen LogP) is 3.63. The molecule has 1 amide bonds. The van der Waals surface area contributed by atoms with Gasteiger partial charge in [-0.25, -0.2) is 13.9 Å². The summed E-state index contributed by atoms with van der Waals surface area (Å²) in [7, 11) is -2.66. The van der Waals surface area contributed by atoms with Gasteiger partial charge in [0.05, 0.1) is 16.1 Å². The van der Waals surface area contributed by atoms with Gasteiger partial charge in [-0.05, 0) is 68.1 Å². The minimum absolute atomic E-state index is 0.00278. The van der Waals surface area contributed by atoms with E-state index in [4.69, 9.17) is 19.4 Å². The Morgan fingerprint density at radius 2 is 1.94 bits per heavy atom. The second-order valence-electron chi connectivity index (χ2n) is 7.75. The van der Waals surface area contributed by atoms with E-state index in [-0.39, 0.29) is 35.7 Å². The first-order valence-corrected chi connectivity index (χ1v) is 13.1. The number of ether oxygens (including phenoxy) is 3. The molecule has 2 N–H and O–H groups in total. The lowest BCUT2D eigenvalue weighted by atomic mass is 10.1. The van der Waals surface area contributed by atoms with Crippen LogP contribution in [0.1, 0.15) is 35.2 Å². The first-order chi connectivity index (χ1) is 16.7. The summed E-state index contributed by atoms with van der Waals surface area (Å²) < 4.78 is 44.6. The van der Waals surface area contributed by atoms with E-state index in [0.29, 0.717) is 22.4 Å². The third-order valence-corrected chi connectivity index (χ3v) is 7.55. The zero-order chi connectivity index (χ0) is 25.4. The van der Waals surface area contributed by atoms with Crippen molar-refractivity contribution >= 4 is 37.5 Å². The van der Waals surface area contributed by atoms with E-state index >= 15 is 0 Å². The topological polar surface area (TPSA) is 114 Å². The van der Waals surface area contributed by atoms with Crippen LogP contribution in [0, 0.1) is 18.8 Å². The summed E-state index contributed by atoms with van der Waals surface area (Å²) in [6.07, 6.45) is 2.83. The van der Waals surface area contributed by atoms with E-state index in [1.807, 2.05) is 0 Å². The number of hydrogen-bond donors (Lipinski definition) is 2. The quantitative estimate of drug-likeness (QED) is 0.285. The van der Waals surface area contributed by atoms with Crippen molar-refractivity contribution in [3.8, 4) is 17.6 Å². The summed E-state index contributed by atoms with van der Waals surface area (Å²) in [6.45, 7) is 2.76. The van der Waals surface area contributed by atoms with E-state index in [1.54, 1.807) is 18.5 Å². The molecule has 0 bridgehead atoms. The van der Waals surface area contributed by atoms with Gasteiger partial charge in [0.25, 0.3) is 15.9 Å². The Bertz CT molecular complexity index is 1200. The molecule has 2 aromatic carbocycles. The fourth-order valence-electron chi connectivity index (χ4n) is 3.57. The molecule has 1 atom stereocenters. The molecule has 188 valence electrons. The molecular weight excluding hydrogens is 540 g/mol. The van der Waals surface area contributed by atoms with Gasteiger partial charge in [-0.1, -0.05) is 27.8 Å². The largest absolute Gasteiger partial charge is 0.481 e. The number of hydroxylamine groups is 1. The van der Waals surface area contributed by atoms with Crippen LogP contribution in [-0.2, 0) is 19.5 Å². The van der Waals surface area contributed by atoms with Crippen LogP contribution < -0.4 is 14.5 Å². The Labute approximate surface area is 213 Å². The number of aryl methyl sites for hydroxylation is 1. The second-order valence-corrected chi connectivity index (χ2v) is 10.6. The van der Waals surface area contributed by atoms with Crippen LogP contribution in [0.3, 0.4) is 0 Å². The Hall–Kier alpha value is -2.62. The number of carbonyl (C=O) groups is 1. The van der Waals surface area contributed by atoms with Crippen molar-refractivity contribution in [3.05, 3.63) is 52.0 Å². The summed E-state index contributed by atoms with van der Waals surface area (Å²) in [5.74, 6) is 5.35. The van der Waals surface area contributed by atoms with E-state index in [2.05, 4.69) is 27.8 Å². The van der Waals surface area contributed by atoms with Gasteiger partial charge in [0, 0.05) is 18.1 Å². The number of nitrogens with one attached hydrogen (secondary N) is 1. The standard InChI is InChI=1S/C24H27BrN2O7S/c1-17-15-18(25)16-21(24(28)26-29)23(17)27(2)35(30,31)20-10-8-19(9-11-20)32-12-5-6-14-34-22-7-3-4-13-33-22/h8-11,15-16,22,29H,3-4,7,12-14H2,1-2H3,(H,26,28). The molecule has 1 aliphatic rings. The number of sulfonamides is 1. The van der Waals surface area contributed by atoms with Gasteiger partial charge in [0.15, 0.2) is 6.29 Å². The molecule has 1 heterocycles. The normalized spacial score (nSPS) is 15.6. The predicted molar refractivity (Wildman–Crippen MR) is 133 cm³/mol. The Balaban J connectivity index is 1.65. The molecule has 35 heavy (non-hydrogen) atoms. The summed E-state index contributed by atoms with van der Waals surface area (Å²) in [6, 6.07) is 9.01. The van der Waals surface area contributed by atoms with E-state index in [0.717, 1.165) is 23.6 Å². The van der Waals surface area contributed by atoms with E-state index < -0.39 is 15.9 Å². The third kappa shape index (κ3) is 6.96. The number of hydrogen-bond acceptors (Lipinski definition) is 7. The molecule has 0 saturated carbocycles. The highest BCUT2D eigenvalue weighted by Gasteiger charge is 2.27. The molecule has 0 aliphatic carbocycles. The number of rotatable bonds is 8. The zero-order valence-electron chi connectivity index (χ0n) is 19.4. The number of anilines is 1. The van der Waals surface area contributed by atoms with Crippen LogP contribution in [0.25, 0.3) is 0 Å². The Morgan fingerprint density at radius 3 is 2.60 bits per heavy atom. The molecule has 0 radical (unpaired) electrons. The highest BCUT2D eigenvalue weighted by atomic mass is 79.9. The maximum absolute atomic E-state index is 13.2. The number of halogens is 1. The van der Waals surface area contributed by atoms with Gasteiger partial charge in [-0.15, -0.1) is 0 Å². The van der Waals surface area contributed by atoms with Crippen LogP contribution in [0.15, 0.2) is 45.8 Å². The van der Waals surface area contributed by atoms with Gasteiger partial charge in [-0.3, -0.25) is 14.3 Å². The number of carbonyl (C=O) groups excluding carboxylic acids is 1. The number of nitrogens with zero attached hydrogens (tertiary/aromatic N) is 1. The number of amides is 1. The molecule has 0 aromatic heterocycles. The molecule has 1 saturated heterocycles. The second kappa shape index (κ2) is 12.4. The van der Waals surface area contributed by atoms with Crippen molar-refractivity contribution in [2.75, 3.05) is 31.2 Å². The fourth-order valence-corrected chi connectivity index (χ4v) is 5.42. The highest BCUT2D eigenvalue weighted by molar-refractivity contribution is 9.10. The van der Waals surface area contributed by atoms with Crippen molar-refractivity contribution in [2.24, 2.45) is 0 Å². The lowest BCUT2D eigenvalue weighted by Gasteiger charge is -2.24. The van der Waals surface area contributed by atoms with Crippen molar-refractivity contribution < 1.29 is 32.6 Å². The molecular formula is C24H27BrN2O7S. The molecule has 11 heteroatoms. The smallest absolute Gasteiger partial charge is 0.276 e. The first-order valence-electron chi connectivity index (χ1n) is 10.9. The molecule has 3 rings (SSSR count). The summed E-state index contributed by atoms with van der Waals surface area (Å²) >= 11 is 3.28. The van der Waals surface area contributed by atoms with Crippen molar-refractivity contribution in [1.82, 2.24) is 5.48 Å². The van der Waals surface area contributed by atoms with Crippen LogP contribution in [0.5, 0.6) is 5.75 Å². The third-order valence-electron chi connectivity index (χ3n) is 5.32. The van der Waals surface area contributed by atoms with Crippen LogP contribution in [0.4, 0.5) is 5.69 Å². The Kier molecular flexibility index (Phi) is 9.54. The summed E-state index contributed by atoms with van der Waals surface area (Å²) in [5.41, 5.74) is 2.24. The van der Waals surface area contributed by atoms with Crippen LogP contribution in [-0.4, -0.2) is 52.7 Å². The maximum atomic E-state index is 13.2. The molecule has 0 spiro atoms. The van der Waals surface area contributed by atoms with E-state index in [1.165, 1.54) is 37.4 Å². The lowest BCUT2D eigenvalue weighted by molar-refractivity contribution is -0.154. The average Bonchev–Trinajstić information content (AvgIpc) is 2.85. The maximum Gasteiger partial charge on any atom is 0.276 e. The van der Waals surface area contributed by atoms with Crippen LogP contribution in [0.2, 0.25) is 0 Å². The number of benzene rings is 2.